The van der Waals surface area contributed by atoms with Gasteiger partial charge in [0, 0.05) is 18.1 Å². The third kappa shape index (κ3) is 3.89. The van der Waals surface area contributed by atoms with Gasteiger partial charge >= 0.3 is 11.2 Å². The van der Waals surface area contributed by atoms with Gasteiger partial charge in [0.15, 0.2) is 0 Å². The second-order valence-corrected chi connectivity index (χ2v) is 7.67. The molecule has 0 unspecified atom stereocenters. The Labute approximate surface area is 149 Å². The fraction of sp³-hybridized carbons (Fsp3) is 0.579. The molecule has 24 heavy (non-hydrogen) atoms. The molecule has 0 heterocycles. The van der Waals surface area contributed by atoms with Crippen LogP contribution in [0.4, 0.5) is 0 Å². The number of rotatable bonds is 5. The Bertz CT molecular complexity index is 606. The van der Waals surface area contributed by atoms with E-state index in [-0.39, 0.29) is 40.5 Å². The molecule has 1 saturated carbocycles. The van der Waals surface area contributed by atoms with E-state index in [2.05, 4.69) is 27.7 Å². The Kier molecular flexibility index (Phi) is 5.53. The average molecular weight is 350 g/mol. The number of methoxy groups -OCH3 is 1. The van der Waals surface area contributed by atoms with Crippen LogP contribution in [0, 0.1) is 30.1 Å². The van der Waals surface area contributed by atoms with Gasteiger partial charge in [-0.15, -0.1) is 0 Å². The molecule has 2 rings (SSSR count). The van der Waals surface area contributed by atoms with Crippen LogP contribution < -0.4 is 4.74 Å². The zero-order valence-corrected chi connectivity index (χ0v) is 16.0. The molecule has 0 aromatic heterocycles. The monoisotopic (exact) mass is 350 g/mol. The number of carbonyl (C=O) groups excluding carboxylic acids is 1. The van der Waals surface area contributed by atoms with Crippen molar-refractivity contribution in [1.82, 2.24) is 0 Å². The third-order valence-corrected chi connectivity index (χ3v) is 5.01. The van der Waals surface area contributed by atoms with Crippen LogP contribution in [0.15, 0.2) is 24.3 Å². The fourth-order valence-corrected chi connectivity index (χ4v) is 3.54. The number of benzene rings is 1. The van der Waals surface area contributed by atoms with E-state index in [9.17, 15) is 4.79 Å². The van der Waals surface area contributed by atoms with E-state index in [1.54, 1.807) is 0 Å². The second-order valence-electron chi connectivity index (χ2n) is 7.34. The van der Waals surface area contributed by atoms with Crippen LogP contribution in [0.3, 0.4) is 0 Å². The normalized spacial score (nSPS) is 22.6. The summed E-state index contributed by atoms with van der Waals surface area (Å²) >= 11 is 5.26. The molecular weight excluding hydrogens is 324 g/mol. The van der Waals surface area contributed by atoms with Crippen LogP contribution >= 0.6 is 12.2 Å². The van der Waals surface area contributed by atoms with Gasteiger partial charge in [-0.1, -0.05) is 45.4 Å². The largest absolute Gasteiger partial charge is 0.469 e. The lowest BCUT2D eigenvalue weighted by molar-refractivity contribution is -0.143. The predicted octanol–water partition coefficient (Wildman–Crippen LogP) is 4.15. The van der Waals surface area contributed by atoms with Crippen LogP contribution in [-0.4, -0.2) is 24.4 Å². The maximum atomic E-state index is 12.0. The lowest BCUT2D eigenvalue weighted by Crippen LogP contribution is -2.29. The minimum absolute atomic E-state index is 0.0597. The van der Waals surface area contributed by atoms with E-state index in [0.717, 1.165) is 5.56 Å². The van der Waals surface area contributed by atoms with Crippen molar-refractivity contribution in [2.75, 3.05) is 7.11 Å². The quantitative estimate of drug-likeness (QED) is 0.590. The van der Waals surface area contributed by atoms with E-state index in [1.807, 2.05) is 31.2 Å². The highest BCUT2D eigenvalue weighted by Crippen LogP contribution is 2.62. The molecule has 1 fully saturated rings. The number of thiocarbonyl (C=S) groups is 1. The standard InChI is InChI=1S/C19H26O4S/c1-11(2)16(14-15(17(20)21-6)19(14,4)5)23-18(24)22-13-9-7-12(3)8-10-13/h7-11,14-16H,1-6H3/t14-,15+,16+/m1/s1. The number of carbonyl (C=O) groups is 1. The summed E-state index contributed by atoms with van der Waals surface area (Å²) in [6.07, 6.45) is -0.193. The number of aryl methyl sites for hydroxylation is 1. The summed E-state index contributed by atoms with van der Waals surface area (Å²) in [5.74, 6) is 0.544. The first-order chi connectivity index (χ1) is 11.2. The molecule has 132 valence electrons. The smallest absolute Gasteiger partial charge is 0.358 e. The van der Waals surface area contributed by atoms with Crippen molar-refractivity contribution in [2.24, 2.45) is 23.2 Å². The summed E-state index contributed by atoms with van der Waals surface area (Å²) in [7, 11) is 1.42. The van der Waals surface area contributed by atoms with Gasteiger partial charge in [-0.25, -0.2) is 0 Å². The predicted molar refractivity (Wildman–Crippen MR) is 96.9 cm³/mol. The minimum atomic E-state index is -0.193. The Hall–Kier alpha value is -1.62. The van der Waals surface area contributed by atoms with E-state index in [4.69, 9.17) is 26.4 Å². The molecule has 5 heteroatoms. The van der Waals surface area contributed by atoms with Crippen molar-refractivity contribution in [1.29, 1.82) is 0 Å². The van der Waals surface area contributed by atoms with Crippen LogP contribution in [0.2, 0.25) is 0 Å². The van der Waals surface area contributed by atoms with Gasteiger partial charge in [-0.2, -0.15) is 0 Å². The molecule has 0 N–H and O–H groups in total. The zero-order chi connectivity index (χ0) is 18.1. The highest BCUT2D eigenvalue weighted by molar-refractivity contribution is 7.79. The molecule has 0 amide bonds. The summed E-state index contributed by atoms with van der Waals surface area (Å²) in [6.45, 7) is 10.2. The SMILES string of the molecule is COC(=O)[C@@H]1[C@H]([C@@H](OC(=S)Oc2ccc(C)cc2)C(C)C)C1(C)C. The Morgan fingerprint density at radius 3 is 2.29 bits per heavy atom. The van der Waals surface area contributed by atoms with Gasteiger partial charge in [-0.3, -0.25) is 4.79 Å². The molecular formula is C19H26O4S. The maximum absolute atomic E-state index is 12.0. The van der Waals surface area contributed by atoms with Gasteiger partial charge in [0.25, 0.3) is 0 Å². The average Bonchev–Trinajstić information content (AvgIpc) is 3.08. The molecule has 1 aliphatic rings. The highest BCUT2D eigenvalue weighted by Gasteiger charge is 2.66. The summed E-state index contributed by atoms with van der Waals surface area (Å²) in [5, 5.41) is 0.0869. The first kappa shape index (κ1) is 18.7. The lowest BCUT2D eigenvalue weighted by atomic mass is 9.97. The molecule has 4 nitrogen and oxygen atoms in total. The Morgan fingerprint density at radius 1 is 1.21 bits per heavy atom. The molecule has 1 aromatic carbocycles. The van der Waals surface area contributed by atoms with E-state index in [1.165, 1.54) is 7.11 Å². The van der Waals surface area contributed by atoms with Gasteiger partial charge < -0.3 is 14.2 Å². The molecule has 0 spiro atoms. The highest BCUT2D eigenvalue weighted by atomic mass is 32.1. The van der Waals surface area contributed by atoms with E-state index < -0.39 is 0 Å². The number of esters is 1. The first-order valence-electron chi connectivity index (χ1n) is 8.21. The van der Waals surface area contributed by atoms with Crippen molar-refractivity contribution < 1.29 is 19.0 Å². The molecule has 0 bridgehead atoms. The molecule has 3 atom stereocenters. The number of hydrogen-bond acceptors (Lipinski definition) is 5. The second kappa shape index (κ2) is 7.09. The van der Waals surface area contributed by atoms with Gasteiger partial charge in [-0.05, 0) is 30.4 Å². The van der Waals surface area contributed by atoms with Gasteiger partial charge in [0.1, 0.15) is 11.9 Å². The van der Waals surface area contributed by atoms with Gasteiger partial charge in [0.2, 0.25) is 0 Å². The van der Waals surface area contributed by atoms with Crippen LogP contribution in [-0.2, 0) is 14.3 Å². The fourth-order valence-electron chi connectivity index (χ4n) is 3.33. The third-order valence-electron chi connectivity index (χ3n) is 4.83. The van der Waals surface area contributed by atoms with Gasteiger partial charge in [0.05, 0.1) is 13.0 Å². The van der Waals surface area contributed by atoms with E-state index >= 15 is 0 Å². The topological polar surface area (TPSA) is 44.8 Å². The van der Waals surface area contributed by atoms with E-state index in [0.29, 0.717) is 5.75 Å². The Balaban J connectivity index is 2.05. The van der Waals surface area contributed by atoms with Crippen molar-refractivity contribution in [3.05, 3.63) is 29.8 Å². The molecule has 1 aromatic rings. The maximum Gasteiger partial charge on any atom is 0.358 e. The lowest BCUT2D eigenvalue weighted by Gasteiger charge is -2.24. The Morgan fingerprint density at radius 2 is 1.79 bits per heavy atom. The first-order valence-corrected chi connectivity index (χ1v) is 8.62. The van der Waals surface area contributed by atoms with Crippen molar-refractivity contribution in [3.8, 4) is 5.75 Å². The minimum Gasteiger partial charge on any atom is -0.469 e. The van der Waals surface area contributed by atoms with Crippen LogP contribution in [0.5, 0.6) is 5.75 Å². The summed E-state index contributed by atoms with van der Waals surface area (Å²) < 4.78 is 16.5. The number of hydrogen-bond donors (Lipinski definition) is 0. The zero-order valence-electron chi connectivity index (χ0n) is 15.2. The molecule has 0 saturated heterocycles. The molecule has 0 aliphatic heterocycles. The molecule has 1 aliphatic carbocycles. The number of ether oxygens (including phenoxy) is 3. The summed E-state index contributed by atoms with van der Waals surface area (Å²) in [4.78, 5) is 12.0. The van der Waals surface area contributed by atoms with Crippen molar-refractivity contribution in [2.45, 2.75) is 40.7 Å². The van der Waals surface area contributed by atoms with Crippen molar-refractivity contribution in [3.63, 3.8) is 0 Å². The van der Waals surface area contributed by atoms with Crippen molar-refractivity contribution >= 4 is 23.4 Å². The molecule has 0 radical (unpaired) electrons. The summed E-state index contributed by atoms with van der Waals surface area (Å²) in [6, 6.07) is 7.62. The summed E-state index contributed by atoms with van der Waals surface area (Å²) in [5.41, 5.74) is 0.983. The van der Waals surface area contributed by atoms with Crippen LogP contribution in [0.1, 0.15) is 33.3 Å². The van der Waals surface area contributed by atoms with Crippen LogP contribution in [0.25, 0.3) is 0 Å².